The molecule has 0 fully saturated rings. The third kappa shape index (κ3) is 5.68. The molecular weight excluding hydrogens is 360 g/mol. The molecule has 150 valence electrons. The van der Waals surface area contributed by atoms with E-state index in [4.69, 9.17) is 4.74 Å². The van der Waals surface area contributed by atoms with Gasteiger partial charge in [-0.15, -0.1) is 0 Å². The standard InChI is InChI=1S/C20H26N4O4/c1-5-23(13-15-6-8-16(9-7-15)22(2)3)14-20(25)21-18-11-10-17(28-4)12-19(18)24(26)27/h6-12H,5,13-14H2,1-4H3,(H,21,25)/p+1. The Labute approximate surface area is 164 Å². The number of likely N-dealkylation sites (N-methyl/N-ethyl adjacent to an activating group) is 1. The number of quaternary nitrogens is 1. The summed E-state index contributed by atoms with van der Waals surface area (Å²) >= 11 is 0. The molecule has 0 aromatic heterocycles. The second-order valence-corrected chi connectivity index (χ2v) is 6.71. The summed E-state index contributed by atoms with van der Waals surface area (Å²) in [5.41, 5.74) is 2.23. The molecule has 1 unspecified atom stereocenters. The highest BCUT2D eigenvalue weighted by Gasteiger charge is 2.20. The van der Waals surface area contributed by atoms with Crippen LogP contribution in [0.15, 0.2) is 42.5 Å². The van der Waals surface area contributed by atoms with Crippen LogP contribution in [0.2, 0.25) is 0 Å². The number of carbonyl (C=O) groups is 1. The minimum atomic E-state index is -0.533. The van der Waals surface area contributed by atoms with E-state index in [2.05, 4.69) is 17.4 Å². The summed E-state index contributed by atoms with van der Waals surface area (Å²) in [4.78, 5) is 26.3. The van der Waals surface area contributed by atoms with Gasteiger partial charge in [0.2, 0.25) is 0 Å². The summed E-state index contributed by atoms with van der Waals surface area (Å²) in [6, 6.07) is 12.6. The van der Waals surface area contributed by atoms with Crippen LogP contribution in [-0.4, -0.2) is 45.1 Å². The summed E-state index contributed by atoms with van der Waals surface area (Å²) in [5, 5.41) is 13.9. The molecule has 8 heteroatoms. The molecule has 8 nitrogen and oxygen atoms in total. The van der Waals surface area contributed by atoms with E-state index < -0.39 is 4.92 Å². The Hall–Kier alpha value is -3.13. The van der Waals surface area contributed by atoms with Crippen LogP contribution in [0.4, 0.5) is 17.1 Å². The van der Waals surface area contributed by atoms with Gasteiger partial charge in [0.25, 0.3) is 11.6 Å². The lowest BCUT2D eigenvalue weighted by atomic mass is 10.2. The molecule has 0 heterocycles. The van der Waals surface area contributed by atoms with Gasteiger partial charge in [0, 0.05) is 25.3 Å². The molecule has 2 rings (SSSR count). The van der Waals surface area contributed by atoms with E-state index in [0.29, 0.717) is 12.3 Å². The Bertz CT molecular complexity index is 821. The summed E-state index contributed by atoms with van der Waals surface area (Å²) in [5.74, 6) is 0.0988. The number of hydrogen-bond donors (Lipinski definition) is 2. The third-order valence-electron chi connectivity index (χ3n) is 4.49. The molecule has 0 aliphatic rings. The quantitative estimate of drug-likeness (QED) is 0.505. The number of carbonyl (C=O) groups excluding carboxylic acids is 1. The zero-order valence-corrected chi connectivity index (χ0v) is 16.7. The second kappa shape index (κ2) is 9.70. The van der Waals surface area contributed by atoms with E-state index in [1.807, 2.05) is 38.1 Å². The fourth-order valence-corrected chi connectivity index (χ4v) is 2.83. The van der Waals surface area contributed by atoms with Crippen molar-refractivity contribution in [1.82, 2.24) is 0 Å². The molecule has 0 saturated heterocycles. The topological polar surface area (TPSA) is 89.1 Å². The Balaban J connectivity index is 2.03. The number of nitrogens with zero attached hydrogens (tertiary/aromatic N) is 2. The van der Waals surface area contributed by atoms with Crippen molar-refractivity contribution in [2.45, 2.75) is 13.5 Å². The minimum absolute atomic E-state index is 0.168. The van der Waals surface area contributed by atoms with Crippen LogP contribution in [0, 0.1) is 10.1 Å². The minimum Gasteiger partial charge on any atom is -0.496 e. The number of benzene rings is 2. The van der Waals surface area contributed by atoms with Gasteiger partial charge in [-0.05, 0) is 31.2 Å². The maximum atomic E-state index is 12.5. The number of rotatable bonds is 9. The Morgan fingerprint density at radius 2 is 1.89 bits per heavy atom. The van der Waals surface area contributed by atoms with Crippen LogP contribution in [0.3, 0.4) is 0 Å². The van der Waals surface area contributed by atoms with Gasteiger partial charge >= 0.3 is 0 Å². The molecule has 2 aromatic rings. The molecule has 0 spiro atoms. The highest BCUT2D eigenvalue weighted by atomic mass is 16.6. The molecule has 2 N–H and O–H groups in total. The van der Waals surface area contributed by atoms with Crippen molar-refractivity contribution < 1.29 is 19.4 Å². The zero-order valence-electron chi connectivity index (χ0n) is 16.7. The fraction of sp³-hybridized carbons (Fsp3) is 0.350. The molecule has 0 radical (unpaired) electrons. The van der Waals surface area contributed by atoms with Gasteiger partial charge in [-0.25, -0.2) is 0 Å². The van der Waals surface area contributed by atoms with E-state index in [-0.39, 0.29) is 23.8 Å². The first-order chi connectivity index (χ1) is 13.3. The van der Waals surface area contributed by atoms with Gasteiger partial charge in [0.1, 0.15) is 18.0 Å². The van der Waals surface area contributed by atoms with E-state index in [0.717, 1.165) is 22.7 Å². The Morgan fingerprint density at radius 3 is 2.43 bits per heavy atom. The van der Waals surface area contributed by atoms with Crippen molar-refractivity contribution in [2.75, 3.05) is 44.5 Å². The lowest BCUT2D eigenvalue weighted by Crippen LogP contribution is -3.11. The smallest absolute Gasteiger partial charge is 0.296 e. The largest absolute Gasteiger partial charge is 0.496 e. The Kier molecular flexibility index (Phi) is 7.34. The molecule has 1 amide bonds. The molecule has 0 aliphatic carbocycles. The molecular formula is C20H27N4O4+. The van der Waals surface area contributed by atoms with Gasteiger partial charge in [-0.3, -0.25) is 14.9 Å². The van der Waals surface area contributed by atoms with E-state index >= 15 is 0 Å². The predicted octanol–water partition coefficient (Wildman–Crippen LogP) is 1.71. The molecule has 0 bridgehead atoms. The number of amides is 1. The van der Waals surface area contributed by atoms with Crippen molar-refractivity contribution >= 4 is 23.0 Å². The third-order valence-corrected chi connectivity index (χ3v) is 4.49. The number of anilines is 2. The van der Waals surface area contributed by atoms with Crippen molar-refractivity contribution in [1.29, 1.82) is 0 Å². The van der Waals surface area contributed by atoms with Gasteiger partial charge in [0.05, 0.1) is 24.6 Å². The lowest BCUT2D eigenvalue weighted by Gasteiger charge is -2.18. The average molecular weight is 387 g/mol. The average Bonchev–Trinajstić information content (AvgIpc) is 2.67. The molecule has 1 atom stereocenters. The van der Waals surface area contributed by atoms with Crippen LogP contribution in [-0.2, 0) is 11.3 Å². The highest BCUT2D eigenvalue weighted by molar-refractivity contribution is 5.93. The SMILES string of the molecule is CC[NH+](CC(=O)Nc1ccc(OC)cc1[N+](=O)[O-])Cc1ccc(N(C)C)cc1. The first kappa shape index (κ1) is 21.2. The van der Waals surface area contributed by atoms with Gasteiger partial charge in [-0.2, -0.15) is 0 Å². The van der Waals surface area contributed by atoms with E-state index in [1.165, 1.54) is 19.2 Å². The summed E-state index contributed by atoms with van der Waals surface area (Å²) < 4.78 is 5.01. The fourth-order valence-electron chi connectivity index (χ4n) is 2.83. The Morgan fingerprint density at radius 1 is 1.21 bits per heavy atom. The van der Waals surface area contributed by atoms with Gasteiger partial charge in [0.15, 0.2) is 6.54 Å². The molecule has 0 saturated carbocycles. The van der Waals surface area contributed by atoms with Crippen LogP contribution < -0.4 is 19.9 Å². The van der Waals surface area contributed by atoms with Crippen LogP contribution in [0.25, 0.3) is 0 Å². The molecule has 28 heavy (non-hydrogen) atoms. The number of methoxy groups -OCH3 is 1. The normalized spacial score (nSPS) is 11.6. The van der Waals surface area contributed by atoms with Crippen LogP contribution >= 0.6 is 0 Å². The maximum absolute atomic E-state index is 12.5. The zero-order chi connectivity index (χ0) is 20.7. The van der Waals surface area contributed by atoms with Gasteiger partial charge in [-0.1, -0.05) is 12.1 Å². The maximum Gasteiger partial charge on any atom is 0.296 e. The monoisotopic (exact) mass is 387 g/mol. The van der Waals surface area contributed by atoms with Crippen molar-refractivity contribution in [3.63, 3.8) is 0 Å². The number of hydrogen-bond acceptors (Lipinski definition) is 5. The number of nitro groups is 1. The summed E-state index contributed by atoms with van der Waals surface area (Å²) in [6.07, 6.45) is 0. The lowest BCUT2D eigenvalue weighted by molar-refractivity contribution is -0.903. The first-order valence-electron chi connectivity index (χ1n) is 9.06. The molecule has 0 aliphatic heterocycles. The van der Waals surface area contributed by atoms with Crippen LogP contribution in [0.1, 0.15) is 12.5 Å². The first-order valence-corrected chi connectivity index (χ1v) is 9.06. The van der Waals surface area contributed by atoms with Crippen molar-refractivity contribution in [3.05, 3.63) is 58.1 Å². The van der Waals surface area contributed by atoms with Crippen LogP contribution in [0.5, 0.6) is 5.75 Å². The van der Waals surface area contributed by atoms with E-state index in [9.17, 15) is 14.9 Å². The van der Waals surface area contributed by atoms with Crippen molar-refractivity contribution in [2.24, 2.45) is 0 Å². The number of nitrogens with one attached hydrogen (secondary N) is 2. The second-order valence-electron chi connectivity index (χ2n) is 6.71. The number of nitro benzene ring substituents is 1. The summed E-state index contributed by atoms with van der Waals surface area (Å²) in [7, 11) is 5.41. The molecule has 2 aromatic carbocycles. The summed E-state index contributed by atoms with van der Waals surface area (Å²) in [6.45, 7) is 3.68. The number of ether oxygens (including phenoxy) is 1. The predicted molar refractivity (Wildman–Crippen MR) is 109 cm³/mol. The highest BCUT2D eigenvalue weighted by Crippen LogP contribution is 2.28. The van der Waals surface area contributed by atoms with Crippen molar-refractivity contribution in [3.8, 4) is 5.75 Å². The van der Waals surface area contributed by atoms with E-state index in [1.54, 1.807) is 6.07 Å². The van der Waals surface area contributed by atoms with Gasteiger partial charge < -0.3 is 19.9 Å².